The molecule has 0 bridgehead atoms. The van der Waals surface area contributed by atoms with Crippen molar-refractivity contribution in [1.82, 2.24) is 14.9 Å². The molecule has 5 nitrogen and oxygen atoms in total. The lowest BCUT2D eigenvalue weighted by Crippen LogP contribution is -2.34. The molecule has 1 aromatic heterocycles. The second kappa shape index (κ2) is 8.17. The molecule has 0 radical (unpaired) electrons. The SMILES string of the molecule is CC.CCNCCc1c(C)nc2n(c1=O)CCCC2O. The summed E-state index contributed by atoms with van der Waals surface area (Å²) >= 11 is 0. The number of hydrogen-bond donors (Lipinski definition) is 2. The van der Waals surface area contributed by atoms with Crippen LogP contribution in [0, 0.1) is 6.92 Å². The van der Waals surface area contributed by atoms with Crippen LogP contribution in [0.2, 0.25) is 0 Å². The fraction of sp³-hybridized carbons (Fsp3) is 0.733. The Hall–Kier alpha value is -1.20. The normalized spacial score (nSPS) is 17.1. The van der Waals surface area contributed by atoms with E-state index in [-0.39, 0.29) is 5.56 Å². The van der Waals surface area contributed by atoms with E-state index in [0.717, 1.165) is 30.8 Å². The molecule has 0 saturated carbocycles. The van der Waals surface area contributed by atoms with Crippen LogP contribution >= 0.6 is 0 Å². The van der Waals surface area contributed by atoms with E-state index >= 15 is 0 Å². The van der Waals surface area contributed by atoms with Crippen LogP contribution in [0.4, 0.5) is 0 Å². The molecule has 0 saturated heterocycles. The van der Waals surface area contributed by atoms with Gasteiger partial charge in [-0.05, 0) is 39.3 Å². The van der Waals surface area contributed by atoms with E-state index in [4.69, 9.17) is 0 Å². The lowest BCUT2D eigenvalue weighted by Gasteiger charge is -2.23. The Morgan fingerprint density at radius 1 is 1.45 bits per heavy atom. The molecule has 1 atom stereocenters. The van der Waals surface area contributed by atoms with Crippen LogP contribution in [0.15, 0.2) is 4.79 Å². The Kier molecular flexibility index (Phi) is 6.88. The second-order valence-electron chi connectivity index (χ2n) is 4.75. The highest BCUT2D eigenvalue weighted by Gasteiger charge is 2.22. The summed E-state index contributed by atoms with van der Waals surface area (Å²) < 4.78 is 1.64. The molecule has 1 aliphatic heterocycles. The zero-order valence-corrected chi connectivity index (χ0v) is 13.1. The van der Waals surface area contributed by atoms with Gasteiger partial charge in [-0.3, -0.25) is 9.36 Å². The molecule has 0 spiro atoms. The van der Waals surface area contributed by atoms with E-state index in [9.17, 15) is 9.90 Å². The number of nitrogens with zero attached hydrogens (tertiary/aromatic N) is 2. The molecule has 2 N–H and O–H groups in total. The maximum absolute atomic E-state index is 12.4. The highest BCUT2D eigenvalue weighted by molar-refractivity contribution is 5.19. The summed E-state index contributed by atoms with van der Waals surface area (Å²) in [4.78, 5) is 16.8. The Bertz CT molecular complexity index is 483. The van der Waals surface area contributed by atoms with Crippen LogP contribution in [-0.2, 0) is 13.0 Å². The molecule has 0 aromatic carbocycles. The third-order valence-corrected chi connectivity index (χ3v) is 3.46. The van der Waals surface area contributed by atoms with Crippen LogP contribution in [0.25, 0.3) is 0 Å². The molecule has 20 heavy (non-hydrogen) atoms. The quantitative estimate of drug-likeness (QED) is 0.822. The van der Waals surface area contributed by atoms with Gasteiger partial charge in [-0.25, -0.2) is 4.98 Å². The van der Waals surface area contributed by atoms with Gasteiger partial charge in [-0.2, -0.15) is 0 Å². The van der Waals surface area contributed by atoms with Crippen LogP contribution in [0.1, 0.15) is 56.8 Å². The minimum absolute atomic E-state index is 0.0224. The van der Waals surface area contributed by atoms with Gasteiger partial charge in [-0.1, -0.05) is 20.8 Å². The van der Waals surface area contributed by atoms with E-state index < -0.39 is 6.10 Å². The molecule has 0 aliphatic carbocycles. The van der Waals surface area contributed by atoms with Crippen molar-refractivity contribution < 1.29 is 5.11 Å². The molecule has 114 valence electrons. The van der Waals surface area contributed by atoms with Crippen molar-refractivity contribution in [3.8, 4) is 0 Å². The van der Waals surface area contributed by atoms with Gasteiger partial charge in [0.15, 0.2) is 0 Å². The fourth-order valence-corrected chi connectivity index (χ4v) is 2.44. The average Bonchev–Trinajstić information content (AvgIpc) is 2.46. The van der Waals surface area contributed by atoms with Gasteiger partial charge >= 0.3 is 0 Å². The summed E-state index contributed by atoms with van der Waals surface area (Å²) in [5.41, 5.74) is 1.55. The van der Waals surface area contributed by atoms with Crippen molar-refractivity contribution in [2.45, 2.75) is 59.6 Å². The van der Waals surface area contributed by atoms with Gasteiger partial charge in [0.1, 0.15) is 11.9 Å². The minimum atomic E-state index is -0.590. The zero-order chi connectivity index (χ0) is 15.1. The summed E-state index contributed by atoms with van der Waals surface area (Å²) in [7, 11) is 0. The van der Waals surface area contributed by atoms with Gasteiger partial charge < -0.3 is 10.4 Å². The molecule has 1 aromatic rings. The highest BCUT2D eigenvalue weighted by atomic mass is 16.3. The van der Waals surface area contributed by atoms with Crippen LogP contribution in [0.3, 0.4) is 0 Å². The van der Waals surface area contributed by atoms with Gasteiger partial charge in [0.2, 0.25) is 0 Å². The van der Waals surface area contributed by atoms with E-state index in [1.165, 1.54) is 0 Å². The van der Waals surface area contributed by atoms with Gasteiger partial charge in [-0.15, -0.1) is 0 Å². The summed E-state index contributed by atoms with van der Waals surface area (Å²) in [5.74, 6) is 0.538. The Morgan fingerprint density at radius 2 is 2.15 bits per heavy atom. The van der Waals surface area contributed by atoms with E-state index in [0.29, 0.717) is 25.2 Å². The number of likely N-dealkylation sites (N-methyl/N-ethyl adjacent to an activating group) is 1. The van der Waals surface area contributed by atoms with Crippen LogP contribution in [-0.4, -0.2) is 27.7 Å². The minimum Gasteiger partial charge on any atom is -0.385 e. The van der Waals surface area contributed by atoms with E-state index in [1.54, 1.807) is 4.57 Å². The number of fused-ring (bicyclic) bond motifs is 1. The molecular weight excluding hydrogens is 254 g/mol. The largest absolute Gasteiger partial charge is 0.385 e. The monoisotopic (exact) mass is 281 g/mol. The lowest BCUT2D eigenvalue weighted by molar-refractivity contribution is 0.130. The number of rotatable bonds is 4. The van der Waals surface area contributed by atoms with Gasteiger partial charge in [0.25, 0.3) is 5.56 Å². The van der Waals surface area contributed by atoms with E-state index in [2.05, 4.69) is 10.3 Å². The van der Waals surface area contributed by atoms with Crippen molar-refractivity contribution in [3.63, 3.8) is 0 Å². The van der Waals surface area contributed by atoms with Crippen molar-refractivity contribution >= 4 is 0 Å². The summed E-state index contributed by atoms with van der Waals surface area (Å²) in [6.45, 7) is 10.3. The predicted octanol–water partition coefficient (Wildman–Crippen LogP) is 1.56. The zero-order valence-electron chi connectivity index (χ0n) is 13.1. The number of hydrogen-bond acceptors (Lipinski definition) is 4. The average molecular weight is 281 g/mol. The van der Waals surface area contributed by atoms with Gasteiger partial charge in [0.05, 0.1) is 0 Å². The number of aromatic nitrogens is 2. The van der Waals surface area contributed by atoms with Crippen LogP contribution in [0.5, 0.6) is 0 Å². The fourth-order valence-electron chi connectivity index (χ4n) is 2.44. The topological polar surface area (TPSA) is 67.2 Å². The summed E-state index contributed by atoms with van der Waals surface area (Å²) in [6, 6.07) is 0. The first kappa shape index (κ1) is 16.9. The van der Waals surface area contributed by atoms with E-state index in [1.807, 2.05) is 27.7 Å². The molecular formula is C15H27N3O2. The third-order valence-electron chi connectivity index (χ3n) is 3.46. The number of nitrogens with one attached hydrogen (secondary N) is 1. The molecule has 1 aliphatic rings. The molecule has 2 heterocycles. The lowest BCUT2D eigenvalue weighted by atomic mass is 10.1. The predicted molar refractivity (Wildman–Crippen MR) is 81.0 cm³/mol. The second-order valence-corrected chi connectivity index (χ2v) is 4.75. The first-order valence-electron chi connectivity index (χ1n) is 7.64. The molecule has 0 amide bonds. The first-order valence-corrected chi connectivity index (χ1v) is 7.64. The van der Waals surface area contributed by atoms with Crippen molar-refractivity contribution in [3.05, 3.63) is 27.4 Å². The Morgan fingerprint density at radius 3 is 2.80 bits per heavy atom. The maximum atomic E-state index is 12.4. The molecule has 2 rings (SSSR count). The Balaban J connectivity index is 0.000000956. The standard InChI is InChI=1S/C13H21N3O2.C2H6/c1-3-14-7-6-10-9(2)15-12-11(17)5-4-8-16(12)13(10)18;1-2/h11,14,17H,3-8H2,1-2H3;1-2H3. The summed E-state index contributed by atoms with van der Waals surface area (Å²) in [5, 5.41) is 13.1. The van der Waals surface area contributed by atoms with Crippen molar-refractivity contribution in [1.29, 1.82) is 0 Å². The first-order chi connectivity index (χ1) is 9.65. The van der Waals surface area contributed by atoms with Gasteiger partial charge in [0, 0.05) is 17.8 Å². The third kappa shape index (κ3) is 3.67. The number of aliphatic hydroxyl groups is 1. The molecule has 1 unspecified atom stereocenters. The Labute approximate surface area is 121 Å². The smallest absolute Gasteiger partial charge is 0.257 e. The van der Waals surface area contributed by atoms with Crippen LogP contribution < -0.4 is 10.9 Å². The van der Waals surface area contributed by atoms with Crippen molar-refractivity contribution in [2.75, 3.05) is 13.1 Å². The number of aliphatic hydroxyl groups excluding tert-OH is 1. The maximum Gasteiger partial charge on any atom is 0.257 e. The molecule has 5 heteroatoms. The number of aryl methyl sites for hydroxylation is 1. The highest BCUT2D eigenvalue weighted by Crippen LogP contribution is 2.21. The molecule has 0 fully saturated rings. The van der Waals surface area contributed by atoms with Crippen molar-refractivity contribution in [2.24, 2.45) is 0 Å². The summed E-state index contributed by atoms with van der Waals surface area (Å²) in [6.07, 6.45) is 1.64.